The number of aromatic nitrogens is 2. The molecule has 2 aliphatic rings. The highest BCUT2D eigenvalue weighted by atomic mass is 16.5. The third kappa shape index (κ3) is 8.17. The van der Waals surface area contributed by atoms with Crippen molar-refractivity contribution in [2.24, 2.45) is 11.8 Å². The van der Waals surface area contributed by atoms with E-state index >= 15 is 0 Å². The highest BCUT2D eigenvalue weighted by Gasteiger charge is 2.38. The Morgan fingerprint density at radius 2 is 0.926 bits per heavy atom. The van der Waals surface area contributed by atoms with Crippen LogP contribution < -0.4 is 10.6 Å². The normalized spacial score (nSPS) is 18.1. The summed E-state index contributed by atoms with van der Waals surface area (Å²) in [6, 6.07) is 23.6. The summed E-state index contributed by atoms with van der Waals surface area (Å²) in [5.41, 5.74) is 8.18. The predicted octanol–water partition coefficient (Wildman–Crippen LogP) is 7.43. The van der Waals surface area contributed by atoms with E-state index in [1.807, 2.05) is 37.5 Å². The molecular formula is C42H52N6O6. The summed E-state index contributed by atoms with van der Waals surface area (Å²) in [6.07, 6.45) is 2.27. The number of hydrogen-bond acceptors (Lipinski definition) is 6. The topological polar surface area (TPSA) is 149 Å². The first-order valence-corrected chi connectivity index (χ1v) is 18.9. The standard InChI is InChI=1S/C42H52N6O6/c1-25(2)37(45-41(51)53-5)39(49)47-23-7-9-35(47)33-21-19-31(43-33)29-15-11-27(12-16-29)28-13-17-30(18-14-28)32-20-22-34(44-32)36-10-8-24-48(36)40(50)38(26(3)4)46-42(52)54-6/h11-22,25-26,35-38,43-44H,7-10,23-24H2,1-6H3,(H,45,51)(H,46,52)/t35-,36?,37-,38-/m0/s1. The summed E-state index contributed by atoms with van der Waals surface area (Å²) < 4.78 is 9.53. The summed E-state index contributed by atoms with van der Waals surface area (Å²) in [5.74, 6) is -0.357. The van der Waals surface area contributed by atoms with E-state index < -0.39 is 24.3 Å². The van der Waals surface area contributed by atoms with Crippen LogP contribution in [0.15, 0.2) is 72.8 Å². The number of benzene rings is 2. The quantitative estimate of drug-likeness (QED) is 0.126. The second kappa shape index (κ2) is 16.7. The first-order chi connectivity index (χ1) is 26.0. The molecule has 0 bridgehead atoms. The molecule has 2 saturated heterocycles. The number of ether oxygens (including phenoxy) is 2. The maximum absolute atomic E-state index is 13.5. The Morgan fingerprint density at radius 1 is 0.574 bits per heavy atom. The molecule has 4 aromatic rings. The van der Waals surface area contributed by atoms with Crippen LogP contribution in [0.25, 0.3) is 33.6 Å². The minimum absolute atomic E-state index is 0.0810. The molecule has 0 aliphatic carbocycles. The molecule has 0 radical (unpaired) electrons. The Kier molecular flexibility index (Phi) is 11.8. The van der Waals surface area contributed by atoms with E-state index in [-0.39, 0.29) is 35.7 Å². The fourth-order valence-corrected chi connectivity index (χ4v) is 7.70. The monoisotopic (exact) mass is 736 g/mol. The van der Waals surface area contributed by atoms with Gasteiger partial charge in [0.25, 0.3) is 0 Å². The number of amides is 4. The fourth-order valence-electron chi connectivity index (χ4n) is 7.70. The van der Waals surface area contributed by atoms with E-state index in [4.69, 9.17) is 9.47 Å². The van der Waals surface area contributed by atoms with Crippen LogP contribution in [0, 0.1) is 11.8 Å². The first kappa shape index (κ1) is 38.2. The molecule has 286 valence electrons. The molecule has 0 saturated carbocycles. The predicted molar refractivity (Wildman–Crippen MR) is 207 cm³/mol. The molecule has 2 fully saturated rings. The molecule has 4 heterocycles. The van der Waals surface area contributed by atoms with Gasteiger partial charge in [0.05, 0.1) is 26.3 Å². The number of aromatic amines is 2. The Hall–Kier alpha value is -5.52. The van der Waals surface area contributed by atoms with Crippen LogP contribution in [0.3, 0.4) is 0 Å². The average Bonchev–Trinajstić information content (AvgIpc) is 4.02. The van der Waals surface area contributed by atoms with Crippen molar-refractivity contribution in [2.45, 2.75) is 77.5 Å². The number of rotatable bonds is 11. The smallest absolute Gasteiger partial charge is 0.407 e. The van der Waals surface area contributed by atoms with E-state index in [2.05, 4.69) is 93.4 Å². The van der Waals surface area contributed by atoms with E-state index in [1.165, 1.54) is 14.2 Å². The van der Waals surface area contributed by atoms with Crippen LogP contribution in [-0.2, 0) is 19.1 Å². The molecule has 2 aromatic heterocycles. The van der Waals surface area contributed by atoms with Crippen molar-refractivity contribution in [2.75, 3.05) is 27.3 Å². The van der Waals surface area contributed by atoms with Crippen LogP contribution in [0.2, 0.25) is 0 Å². The van der Waals surface area contributed by atoms with Gasteiger partial charge in [-0.05, 0) is 84.0 Å². The van der Waals surface area contributed by atoms with Crippen LogP contribution in [0.1, 0.15) is 76.8 Å². The lowest BCUT2D eigenvalue weighted by atomic mass is 10.0. The van der Waals surface area contributed by atoms with Gasteiger partial charge in [-0.2, -0.15) is 0 Å². The number of methoxy groups -OCH3 is 2. The molecule has 12 heteroatoms. The van der Waals surface area contributed by atoms with Gasteiger partial charge in [0.1, 0.15) is 12.1 Å². The van der Waals surface area contributed by atoms with Gasteiger partial charge in [-0.15, -0.1) is 0 Å². The number of H-pyrrole nitrogens is 2. The molecule has 4 atom stereocenters. The van der Waals surface area contributed by atoms with Crippen molar-refractivity contribution in [3.63, 3.8) is 0 Å². The Bertz CT molecular complexity index is 1790. The minimum Gasteiger partial charge on any atom is -0.453 e. The average molecular weight is 737 g/mol. The first-order valence-electron chi connectivity index (χ1n) is 18.9. The summed E-state index contributed by atoms with van der Waals surface area (Å²) in [5, 5.41) is 5.43. The van der Waals surface area contributed by atoms with Crippen LogP contribution in [0.5, 0.6) is 0 Å². The molecular weight excluding hydrogens is 684 g/mol. The third-order valence-corrected chi connectivity index (χ3v) is 10.7. The number of nitrogens with one attached hydrogen (secondary N) is 4. The zero-order valence-corrected chi connectivity index (χ0v) is 32.0. The SMILES string of the molecule is COC(=O)N[C@H](C(=O)N1CCCC1c1ccc(-c2ccc(-c3ccc(-c4ccc([C@@H]5CCCN5C(=O)[C@@H](NC(=O)OC)C(C)C)[nH]4)cc3)cc2)[nH]1)C(C)C. The summed E-state index contributed by atoms with van der Waals surface area (Å²) >= 11 is 0. The molecule has 6 rings (SSSR count). The Labute approximate surface area is 317 Å². The maximum atomic E-state index is 13.5. The van der Waals surface area contributed by atoms with E-state index in [0.29, 0.717) is 13.1 Å². The highest BCUT2D eigenvalue weighted by Crippen LogP contribution is 2.36. The number of hydrogen-bond donors (Lipinski definition) is 4. The van der Waals surface area contributed by atoms with Gasteiger partial charge in [-0.3, -0.25) is 9.59 Å². The van der Waals surface area contributed by atoms with Gasteiger partial charge in [-0.25, -0.2) is 9.59 Å². The van der Waals surface area contributed by atoms with E-state index in [1.54, 1.807) is 0 Å². The van der Waals surface area contributed by atoms with Crippen molar-refractivity contribution in [3.05, 3.63) is 84.2 Å². The van der Waals surface area contributed by atoms with Crippen molar-refractivity contribution < 1.29 is 28.7 Å². The third-order valence-electron chi connectivity index (χ3n) is 10.7. The summed E-state index contributed by atoms with van der Waals surface area (Å²) in [6.45, 7) is 8.94. The van der Waals surface area contributed by atoms with Crippen molar-refractivity contribution >= 4 is 24.0 Å². The molecule has 1 unspecified atom stereocenters. The van der Waals surface area contributed by atoms with Crippen LogP contribution >= 0.6 is 0 Å². The van der Waals surface area contributed by atoms with Crippen molar-refractivity contribution in [3.8, 4) is 33.6 Å². The van der Waals surface area contributed by atoms with E-state index in [9.17, 15) is 19.2 Å². The summed E-state index contributed by atoms with van der Waals surface area (Å²) in [4.78, 5) is 61.8. The molecule has 4 N–H and O–H groups in total. The Balaban J connectivity index is 1.11. The van der Waals surface area contributed by atoms with Gasteiger partial charge in [0.15, 0.2) is 0 Å². The number of carbonyl (C=O) groups excluding carboxylic acids is 4. The lowest BCUT2D eigenvalue weighted by molar-refractivity contribution is -0.136. The molecule has 12 nitrogen and oxygen atoms in total. The summed E-state index contributed by atoms with van der Waals surface area (Å²) in [7, 11) is 2.60. The minimum atomic E-state index is -0.656. The fraction of sp³-hybridized carbons (Fsp3) is 0.429. The second-order valence-corrected chi connectivity index (χ2v) is 14.9. The lowest BCUT2D eigenvalue weighted by Crippen LogP contribution is -2.51. The molecule has 54 heavy (non-hydrogen) atoms. The zero-order valence-electron chi connectivity index (χ0n) is 32.0. The van der Waals surface area contributed by atoms with Gasteiger partial charge >= 0.3 is 12.2 Å². The Morgan fingerprint density at radius 3 is 1.26 bits per heavy atom. The van der Waals surface area contributed by atoms with Crippen molar-refractivity contribution in [1.82, 2.24) is 30.4 Å². The number of carbonyl (C=O) groups is 4. The van der Waals surface area contributed by atoms with Gasteiger partial charge in [0, 0.05) is 35.9 Å². The largest absolute Gasteiger partial charge is 0.453 e. The molecule has 2 aliphatic heterocycles. The molecule has 2 aromatic carbocycles. The zero-order chi connectivity index (χ0) is 38.5. The maximum Gasteiger partial charge on any atom is 0.407 e. The van der Waals surface area contributed by atoms with Gasteiger partial charge in [0.2, 0.25) is 11.8 Å². The van der Waals surface area contributed by atoms with Crippen LogP contribution in [0.4, 0.5) is 9.59 Å². The molecule has 4 amide bonds. The number of alkyl carbamates (subject to hydrolysis) is 2. The highest BCUT2D eigenvalue weighted by molar-refractivity contribution is 5.87. The van der Waals surface area contributed by atoms with E-state index in [0.717, 1.165) is 70.7 Å². The number of nitrogens with zero attached hydrogens (tertiary/aromatic N) is 2. The van der Waals surface area contributed by atoms with Crippen LogP contribution in [-0.4, -0.2) is 83.2 Å². The number of likely N-dealkylation sites (tertiary alicyclic amines) is 2. The lowest BCUT2D eigenvalue weighted by Gasteiger charge is -2.30. The van der Waals surface area contributed by atoms with Gasteiger partial charge < -0.3 is 39.9 Å². The van der Waals surface area contributed by atoms with Gasteiger partial charge in [-0.1, -0.05) is 76.2 Å². The second-order valence-electron chi connectivity index (χ2n) is 14.9. The molecule has 0 spiro atoms. The van der Waals surface area contributed by atoms with Crippen molar-refractivity contribution in [1.29, 1.82) is 0 Å².